The summed E-state index contributed by atoms with van der Waals surface area (Å²) in [5, 5.41) is 0. The fourth-order valence-electron chi connectivity index (χ4n) is 5.46. The summed E-state index contributed by atoms with van der Waals surface area (Å²) in [5.41, 5.74) is 4.03. The number of amides is 1. The van der Waals surface area contributed by atoms with Gasteiger partial charge in [0.05, 0.1) is 13.2 Å². The molecule has 6 nitrogen and oxygen atoms in total. The molecule has 2 atom stereocenters. The van der Waals surface area contributed by atoms with Crippen molar-refractivity contribution < 1.29 is 13.9 Å². The standard InChI is InChI=1S/C31H41FN4O2/c1-6-23-19-26(21(2)3)28(34-31(23)24-10-11-27(32)22(4)18-24)8-7-9-30(37)36-16-14-35(15-17-36)29-20-25(38-5)12-13-33-29/h10-13,18-21,23,28H,6-9,14-17H2,1-5H3. The summed E-state index contributed by atoms with van der Waals surface area (Å²) in [6.07, 6.45) is 7.24. The van der Waals surface area contributed by atoms with E-state index in [1.807, 2.05) is 29.2 Å². The van der Waals surface area contributed by atoms with Crippen LogP contribution < -0.4 is 9.64 Å². The quantitative estimate of drug-likeness (QED) is 0.390. The van der Waals surface area contributed by atoms with Crippen molar-refractivity contribution in [3.8, 4) is 5.75 Å². The molecule has 0 spiro atoms. The Kier molecular flexibility index (Phi) is 9.18. The zero-order chi connectivity index (χ0) is 27.2. The lowest BCUT2D eigenvalue weighted by molar-refractivity contribution is -0.131. The van der Waals surface area contributed by atoms with Gasteiger partial charge in [-0.25, -0.2) is 9.37 Å². The number of dihydropyridines is 1. The molecule has 7 heteroatoms. The van der Waals surface area contributed by atoms with E-state index >= 15 is 0 Å². The smallest absolute Gasteiger partial charge is 0.222 e. The third kappa shape index (κ3) is 6.43. The van der Waals surface area contributed by atoms with Crippen molar-refractivity contribution in [3.63, 3.8) is 0 Å². The number of hydrogen-bond acceptors (Lipinski definition) is 5. The first-order valence-corrected chi connectivity index (χ1v) is 13.9. The normalized spacial score (nSPS) is 19.9. The number of pyridine rings is 1. The molecule has 1 aromatic heterocycles. The molecule has 1 aromatic carbocycles. The minimum absolute atomic E-state index is 0.0574. The fraction of sp³-hybridized carbons (Fsp3) is 0.516. The van der Waals surface area contributed by atoms with Crippen LogP contribution in [0, 0.1) is 24.6 Å². The van der Waals surface area contributed by atoms with Crippen LogP contribution in [0.2, 0.25) is 0 Å². The first-order valence-electron chi connectivity index (χ1n) is 13.9. The first kappa shape index (κ1) is 27.8. The van der Waals surface area contributed by atoms with Crippen LogP contribution in [-0.2, 0) is 4.79 Å². The second-order valence-corrected chi connectivity index (χ2v) is 10.6. The van der Waals surface area contributed by atoms with Crippen molar-refractivity contribution in [2.75, 3.05) is 38.2 Å². The number of aromatic nitrogens is 1. The summed E-state index contributed by atoms with van der Waals surface area (Å²) in [7, 11) is 1.65. The highest BCUT2D eigenvalue weighted by atomic mass is 19.1. The van der Waals surface area contributed by atoms with Crippen LogP contribution in [0.5, 0.6) is 5.75 Å². The number of halogens is 1. The summed E-state index contributed by atoms with van der Waals surface area (Å²) in [4.78, 5) is 26.9. The molecule has 0 bridgehead atoms. The number of benzene rings is 1. The predicted molar refractivity (Wildman–Crippen MR) is 152 cm³/mol. The van der Waals surface area contributed by atoms with E-state index in [2.05, 4.69) is 36.7 Å². The van der Waals surface area contributed by atoms with Crippen LogP contribution in [0.1, 0.15) is 57.6 Å². The molecule has 0 saturated carbocycles. The Labute approximate surface area is 226 Å². The van der Waals surface area contributed by atoms with E-state index in [1.54, 1.807) is 26.3 Å². The van der Waals surface area contributed by atoms with Gasteiger partial charge >= 0.3 is 0 Å². The van der Waals surface area contributed by atoms with Gasteiger partial charge in [0.15, 0.2) is 0 Å². The third-order valence-electron chi connectivity index (χ3n) is 7.76. The fourth-order valence-corrected chi connectivity index (χ4v) is 5.46. The van der Waals surface area contributed by atoms with Crippen LogP contribution in [0.15, 0.2) is 53.2 Å². The lowest BCUT2D eigenvalue weighted by atomic mass is 9.82. The van der Waals surface area contributed by atoms with Gasteiger partial charge < -0.3 is 14.5 Å². The van der Waals surface area contributed by atoms with Crippen LogP contribution >= 0.6 is 0 Å². The number of ether oxygens (including phenoxy) is 1. The molecular formula is C31H41FN4O2. The molecule has 2 aromatic rings. The highest BCUT2D eigenvalue weighted by Crippen LogP contribution is 2.32. The predicted octanol–water partition coefficient (Wildman–Crippen LogP) is 5.84. The SMILES string of the molecule is CCC1C=C(C(C)C)C(CCCC(=O)N2CCN(c3cc(OC)ccn3)CC2)N=C1c1ccc(F)c(C)c1. The van der Waals surface area contributed by atoms with E-state index in [9.17, 15) is 9.18 Å². The zero-order valence-electron chi connectivity index (χ0n) is 23.4. The largest absolute Gasteiger partial charge is 0.497 e. The summed E-state index contributed by atoms with van der Waals surface area (Å²) >= 11 is 0. The van der Waals surface area contributed by atoms with Gasteiger partial charge in [-0.1, -0.05) is 32.9 Å². The second kappa shape index (κ2) is 12.5. The van der Waals surface area contributed by atoms with Gasteiger partial charge in [-0.05, 0) is 67.0 Å². The maximum Gasteiger partial charge on any atom is 0.222 e. The number of aryl methyl sites for hydroxylation is 1. The number of hydrogen-bond donors (Lipinski definition) is 0. The Balaban J connectivity index is 1.36. The maximum absolute atomic E-state index is 13.9. The van der Waals surface area contributed by atoms with Crippen molar-refractivity contribution in [1.29, 1.82) is 0 Å². The van der Waals surface area contributed by atoms with Crippen LogP contribution in [0.4, 0.5) is 10.2 Å². The van der Waals surface area contributed by atoms with E-state index in [0.717, 1.165) is 55.2 Å². The van der Waals surface area contributed by atoms with Gasteiger partial charge in [0.2, 0.25) is 5.91 Å². The molecule has 2 unspecified atom stereocenters. The Morgan fingerprint density at radius 1 is 1.16 bits per heavy atom. The summed E-state index contributed by atoms with van der Waals surface area (Å²) in [5.74, 6) is 2.31. The number of anilines is 1. The molecule has 38 heavy (non-hydrogen) atoms. The second-order valence-electron chi connectivity index (χ2n) is 10.6. The van der Waals surface area contributed by atoms with Crippen LogP contribution in [0.3, 0.4) is 0 Å². The van der Waals surface area contributed by atoms with Crippen molar-refractivity contribution in [1.82, 2.24) is 9.88 Å². The molecule has 4 rings (SSSR count). The number of methoxy groups -OCH3 is 1. The number of carbonyl (C=O) groups is 1. The van der Waals surface area contributed by atoms with E-state index < -0.39 is 0 Å². The molecule has 204 valence electrons. The van der Waals surface area contributed by atoms with Crippen LogP contribution in [-0.4, -0.2) is 60.8 Å². The Morgan fingerprint density at radius 2 is 1.92 bits per heavy atom. The topological polar surface area (TPSA) is 58.0 Å². The minimum Gasteiger partial charge on any atom is -0.497 e. The number of allylic oxidation sites excluding steroid dienone is 1. The first-order chi connectivity index (χ1) is 18.3. The van der Waals surface area contributed by atoms with Gasteiger partial charge in [0.25, 0.3) is 0 Å². The summed E-state index contributed by atoms with van der Waals surface area (Å²) < 4.78 is 19.2. The Morgan fingerprint density at radius 3 is 2.58 bits per heavy atom. The third-order valence-corrected chi connectivity index (χ3v) is 7.76. The van der Waals surface area contributed by atoms with Gasteiger partial charge in [-0.3, -0.25) is 9.79 Å². The van der Waals surface area contributed by atoms with E-state index in [1.165, 1.54) is 5.57 Å². The number of nitrogens with zero attached hydrogens (tertiary/aromatic N) is 4. The van der Waals surface area contributed by atoms with Crippen molar-refractivity contribution in [3.05, 3.63) is 65.1 Å². The molecule has 0 radical (unpaired) electrons. The van der Waals surface area contributed by atoms with Crippen LogP contribution in [0.25, 0.3) is 0 Å². The molecule has 1 amide bonds. The summed E-state index contributed by atoms with van der Waals surface area (Å²) in [6, 6.07) is 9.13. The maximum atomic E-state index is 13.9. The van der Waals surface area contributed by atoms with E-state index in [0.29, 0.717) is 31.0 Å². The monoisotopic (exact) mass is 520 g/mol. The molecule has 0 aliphatic carbocycles. The highest BCUT2D eigenvalue weighted by molar-refractivity contribution is 6.04. The average molecular weight is 521 g/mol. The lowest BCUT2D eigenvalue weighted by Gasteiger charge is -2.35. The Bertz CT molecular complexity index is 1180. The average Bonchev–Trinajstić information content (AvgIpc) is 2.94. The zero-order valence-corrected chi connectivity index (χ0v) is 23.4. The molecule has 2 aliphatic heterocycles. The van der Waals surface area contributed by atoms with Crippen molar-refractivity contribution in [2.24, 2.45) is 16.8 Å². The van der Waals surface area contributed by atoms with Gasteiger partial charge in [-0.15, -0.1) is 0 Å². The highest BCUT2D eigenvalue weighted by Gasteiger charge is 2.28. The van der Waals surface area contributed by atoms with Gasteiger partial charge in [0.1, 0.15) is 17.4 Å². The Hall–Kier alpha value is -3.22. The molecule has 1 saturated heterocycles. The molecule has 2 aliphatic rings. The van der Waals surface area contributed by atoms with E-state index in [4.69, 9.17) is 9.73 Å². The molecule has 3 heterocycles. The van der Waals surface area contributed by atoms with Crippen molar-refractivity contribution in [2.45, 2.75) is 59.4 Å². The molecule has 0 N–H and O–H groups in total. The number of rotatable bonds is 9. The van der Waals surface area contributed by atoms with Gasteiger partial charge in [0, 0.05) is 56.5 Å². The summed E-state index contributed by atoms with van der Waals surface area (Å²) in [6.45, 7) is 11.3. The van der Waals surface area contributed by atoms with Crippen molar-refractivity contribution >= 4 is 17.4 Å². The lowest BCUT2D eigenvalue weighted by Crippen LogP contribution is -2.49. The number of carbonyl (C=O) groups excluding carboxylic acids is 1. The number of piperazine rings is 1. The molecular weight excluding hydrogens is 479 g/mol. The minimum atomic E-state index is -0.188. The van der Waals surface area contributed by atoms with E-state index in [-0.39, 0.29) is 23.7 Å². The number of aliphatic imine (C=N–C) groups is 1. The van der Waals surface area contributed by atoms with Gasteiger partial charge in [-0.2, -0.15) is 0 Å². The molecule has 1 fully saturated rings.